The van der Waals surface area contributed by atoms with Gasteiger partial charge in [0.2, 0.25) is 0 Å². The summed E-state index contributed by atoms with van der Waals surface area (Å²) in [5, 5.41) is 3.62. The summed E-state index contributed by atoms with van der Waals surface area (Å²) in [5.74, 6) is 0.954. The Morgan fingerprint density at radius 3 is 2.37 bits per heavy atom. The Hall–Kier alpha value is -1.06. The quantitative estimate of drug-likeness (QED) is 0.819. The van der Waals surface area contributed by atoms with E-state index in [0.717, 1.165) is 18.7 Å². The third kappa shape index (κ3) is 3.28. The van der Waals surface area contributed by atoms with Gasteiger partial charge in [-0.25, -0.2) is 0 Å². The second-order valence-electron chi connectivity index (χ2n) is 5.34. The lowest BCUT2D eigenvalue weighted by Gasteiger charge is -2.43. The predicted molar refractivity (Wildman–Crippen MR) is 81.8 cm³/mol. The van der Waals surface area contributed by atoms with E-state index in [-0.39, 0.29) is 11.6 Å². The Morgan fingerprint density at radius 2 is 1.89 bits per heavy atom. The smallest absolute Gasteiger partial charge is 0.123 e. The van der Waals surface area contributed by atoms with Gasteiger partial charge in [0.05, 0.1) is 13.2 Å². The maximum Gasteiger partial charge on any atom is 0.123 e. The van der Waals surface area contributed by atoms with E-state index in [0.29, 0.717) is 0 Å². The molecule has 3 heteroatoms. The molecule has 0 amide bonds. The van der Waals surface area contributed by atoms with Crippen molar-refractivity contribution in [2.24, 2.45) is 0 Å². The zero-order valence-corrected chi connectivity index (χ0v) is 13.2. The molecule has 2 atom stereocenters. The van der Waals surface area contributed by atoms with Gasteiger partial charge in [-0.05, 0) is 40.1 Å². The highest BCUT2D eigenvalue weighted by atomic mass is 16.5. The summed E-state index contributed by atoms with van der Waals surface area (Å²) in [7, 11) is 6.02. The molecular weight excluding hydrogens is 236 g/mol. The van der Waals surface area contributed by atoms with E-state index < -0.39 is 0 Å². The molecule has 0 aliphatic rings. The third-order valence-corrected chi connectivity index (χ3v) is 4.22. The van der Waals surface area contributed by atoms with Crippen LogP contribution in [0.2, 0.25) is 0 Å². The number of hydrogen-bond acceptors (Lipinski definition) is 3. The van der Waals surface area contributed by atoms with Gasteiger partial charge in [-0.1, -0.05) is 32.0 Å². The average molecular weight is 264 g/mol. The molecule has 0 saturated carbocycles. The first kappa shape index (κ1) is 16.0. The highest BCUT2D eigenvalue weighted by molar-refractivity contribution is 5.37. The van der Waals surface area contributed by atoms with Crippen molar-refractivity contribution >= 4 is 0 Å². The van der Waals surface area contributed by atoms with Gasteiger partial charge in [-0.2, -0.15) is 0 Å². The van der Waals surface area contributed by atoms with Crippen molar-refractivity contribution in [3.8, 4) is 5.75 Å². The van der Waals surface area contributed by atoms with Gasteiger partial charge in [0.1, 0.15) is 5.75 Å². The molecule has 0 saturated heterocycles. The normalized spacial score (nSPS) is 16.2. The molecule has 3 nitrogen and oxygen atoms in total. The standard InChI is InChI=1S/C16H28N2O/c1-7-16(3,18(4)5)15(17-8-2)13-11-9-10-12-14(13)19-6/h9-12,15,17H,7-8H2,1-6H3. The zero-order valence-electron chi connectivity index (χ0n) is 13.2. The topological polar surface area (TPSA) is 24.5 Å². The van der Waals surface area contributed by atoms with Crippen molar-refractivity contribution in [3.05, 3.63) is 29.8 Å². The monoisotopic (exact) mass is 264 g/mol. The fourth-order valence-corrected chi connectivity index (χ4v) is 2.55. The van der Waals surface area contributed by atoms with E-state index in [2.05, 4.69) is 57.2 Å². The Balaban J connectivity index is 3.26. The first-order chi connectivity index (χ1) is 9.01. The van der Waals surface area contributed by atoms with Crippen LogP contribution in [0.15, 0.2) is 24.3 Å². The molecule has 1 aromatic carbocycles. The molecular formula is C16H28N2O. The van der Waals surface area contributed by atoms with Gasteiger partial charge < -0.3 is 15.0 Å². The second kappa shape index (κ2) is 6.92. The van der Waals surface area contributed by atoms with Crippen molar-refractivity contribution in [3.63, 3.8) is 0 Å². The lowest BCUT2D eigenvalue weighted by Crippen LogP contribution is -2.51. The van der Waals surface area contributed by atoms with Crippen LogP contribution in [0.3, 0.4) is 0 Å². The van der Waals surface area contributed by atoms with Crippen molar-refractivity contribution in [1.82, 2.24) is 10.2 Å². The van der Waals surface area contributed by atoms with Crippen LogP contribution in [-0.2, 0) is 0 Å². The van der Waals surface area contributed by atoms with E-state index in [1.165, 1.54) is 5.56 Å². The first-order valence-electron chi connectivity index (χ1n) is 7.05. The van der Waals surface area contributed by atoms with Crippen LogP contribution in [0.5, 0.6) is 5.75 Å². The van der Waals surface area contributed by atoms with E-state index in [9.17, 15) is 0 Å². The van der Waals surface area contributed by atoms with E-state index in [1.54, 1.807) is 7.11 Å². The number of ether oxygens (including phenoxy) is 1. The SMILES string of the molecule is CCNC(c1ccccc1OC)C(C)(CC)N(C)C. The van der Waals surface area contributed by atoms with E-state index in [4.69, 9.17) is 4.74 Å². The molecule has 0 fully saturated rings. The predicted octanol–water partition coefficient (Wildman–Crippen LogP) is 3.08. The molecule has 19 heavy (non-hydrogen) atoms. The minimum atomic E-state index is 0.0463. The van der Waals surface area contributed by atoms with Crippen molar-refractivity contribution in [1.29, 1.82) is 0 Å². The third-order valence-electron chi connectivity index (χ3n) is 4.22. The number of benzene rings is 1. The molecule has 0 aliphatic carbocycles. The highest BCUT2D eigenvalue weighted by Crippen LogP contribution is 2.36. The molecule has 108 valence electrons. The number of rotatable bonds is 7. The molecule has 0 aliphatic heterocycles. The minimum absolute atomic E-state index is 0.0463. The first-order valence-corrected chi connectivity index (χ1v) is 7.05. The van der Waals surface area contributed by atoms with E-state index in [1.807, 2.05) is 12.1 Å². The molecule has 2 unspecified atom stereocenters. The van der Waals surface area contributed by atoms with Gasteiger partial charge in [0.15, 0.2) is 0 Å². The van der Waals surface area contributed by atoms with Gasteiger partial charge in [-0.15, -0.1) is 0 Å². The molecule has 1 rings (SSSR count). The second-order valence-corrected chi connectivity index (χ2v) is 5.34. The summed E-state index contributed by atoms with van der Waals surface area (Å²) in [5.41, 5.74) is 1.27. The summed E-state index contributed by atoms with van der Waals surface area (Å²) < 4.78 is 5.53. The summed E-state index contributed by atoms with van der Waals surface area (Å²) in [6.45, 7) is 7.62. The summed E-state index contributed by atoms with van der Waals surface area (Å²) >= 11 is 0. The molecule has 0 radical (unpaired) electrons. The zero-order chi connectivity index (χ0) is 14.5. The van der Waals surface area contributed by atoms with Crippen molar-refractivity contribution in [2.45, 2.75) is 38.8 Å². The Bertz CT molecular complexity index is 392. The molecule has 0 aromatic heterocycles. The molecule has 1 aromatic rings. The number of hydrogen-bond donors (Lipinski definition) is 1. The Kier molecular flexibility index (Phi) is 5.83. The van der Waals surface area contributed by atoms with Gasteiger partial charge in [-0.3, -0.25) is 0 Å². The fraction of sp³-hybridized carbons (Fsp3) is 0.625. The summed E-state index contributed by atoms with van der Waals surface area (Å²) in [4.78, 5) is 2.30. The van der Waals surface area contributed by atoms with Crippen LogP contribution >= 0.6 is 0 Å². The lowest BCUT2D eigenvalue weighted by molar-refractivity contribution is 0.112. The van der Waals surface area contributed by atoms with Gasteiger partial charge >= 0.3 is 0 Å². The highest BCUT2D eigenvalue weighted by Gasteiger charge is 2.36. The van der Waals surface area contributed by atoms with Crippen LogP contribution in [0.1, 0.15) is 38.8 Å². The Morgan fingerprint density at radius 1 is 1.26 bits per heavy atom. The van der Waals surface area contributed by atoms with Gasteiger partial charge in [0.25, 0.3) is 0 Å². The van der Waals surface area contributed by atoms with E-state index >= 15 is 0 Å². The van der Waals surface area contributed by atoms with Crippen LogP contribution in [0.25, 0.3) is 0 Å². The van der Waals surface area contributed by atoms with Crippen LogP contribution < -0.4 is 10.1 Å². The average Bonchev–Trinajstić information content (AvgIpc) is 2.43. The fourth-order valence-electron chi connectivity index (χ4n) is 2.55. The molecule has 1 N–H and O–H groups in total. The largest absolute Gasteiger partial charge is 0.496 e. The number of methoxy groups -OCH3 is 1. The molecule has 0 spiro atoms. The number of nitrogens with one attached hydrogen (secondary N) is 1. The van der Waals surface area contributed by atoms with Crippen LogP contribution in [-0.4, -0.2) is 38.2 Å². The molecule has 0 heterocycles. The molecule has 0 bridgehead atoms. The number of nitrogens with zero attached hydrogens (tertiary/aromatic N) is 1. The van der Waals surface area contributed by atoms with Crippen LogP contribution in [0.4, 0.5) is 0 Å². The van der Waals surface area contributed by atoms with Crippen LogP contribution in [0, 0.1) is 0 Å². The summed E-state index contributed by atoms with van der Waals surface area (Å²) in [6, 6.07) is 8.53. The minimum Gasteiger partial charge on any atom is -0.496 e. The van der Waals surface area contributed by atoms with Crippen molar-refractivity contribution < 1.29 is 4.74 Å². The number of likely N-dealkylation sites (N-methyl/N-ethyl adjacent to an activating group) is 2. The lowest BCUT2D eigenvalue weighted by atomic mass is 9.83. The Labute approximate surface area is 118 Å². The van der Waals surface area contributed by atoms with Gasteiger partial charge in [0, 0.05) is 11.1 Å². The maximum absolute atomic E-state index is 5.53. The number of para-hydroxylation sites is 1. The summed E-state index contributed by atoms with van der Waals surface area (Å²) in [6.07, 6.45) is 1.07. The van der Waals surface area contributed by atoms with Crippen molar-refractivity contribution in [2.75, 3.05) is 27.7 Å². The maximum atomic E-state index is 5.53.